The van der Waals surface area contributed by atoms with Crippen LogP contribution >= 0.6 is 0 Å². The van der Waals surface area contributed by atoms with Crippen LogP contribution < -0.4 is 5.32 Å². The molecule has 498 valence electrons. The predicted octanol–water partition coefficient (Wildman–Crippen LogP) is 25.3. The third kappa shape index (κ3) is 69.4. The molecule has 2 atom stereocenters. The van der Waals surface area contributed by atoms with Gasteiger partial charge in [0, 0.05) is 12.8 Å². The summed E-state index contributed by atoms with van der Waals surface area (Å²) in [6.45, 7) is 4.95. The van der Waals surface area contributed by atoms with E-state index < -0.39 is 12.1 Å². The number of aliphatic hydroxyl groups is 2. The molecule has 6 nitrogen and oxygen atoms in total. The highest BCUT2D eigenvalue weighted by atomic mass is 16.5. The van der Waals surface area contributed by atoms with Gasteiger partial charge in [0.25, 0.3) is 0 Å². The first-order valence-corrected chi connectivity index (χ1v) is 38.6. The monoisotopic (exact) mass is 1180 g/mol. The van der Waals surface area contributed by atoms with Gasteiger partial charge in [-0.05, 0) is 57.8 Å². The highest BCUT2D eigenvalue weighted by Crippen LogP contribution is 2.20. The molecule has 0 rings (SSSR count). The molecule has 0 aliphatic heterocycles. The van der Waals surface area contributed by atoms with Crippen LogP contribution in [0, 0.1) is 0 Å². The van der Waals surface area contributed by atoms with Gasteiger partial charge >= 0.3 is 5.97 Å². The molecule has 0 aliphatic carbocycles. The Morgan fingerprint density at radius 1 is 0.321 bits per heavy atom. The number of ether oxygens (including phenoxy) is 1. The van der Waals surface area contributed by atoms with Gasteiger partial charge in [-0.25, -0.2) is 0 Å². The van der Waals surface area contributed by atoms with Crippen LogP contribution in [0.25, 0.3) is 0 Å². The molecule has 0 heterocycles. The summed E-state index contributed by atoms with van der Waals surface area (Å²) in [4.78, 5) is 24.6. The van der Waals surface area contributed by atoms with E-state index in [0.717, 1.165) is 44.9 Å². The maximum atomic E-state index is 12.5. The molecule has 84 heavy (non-hydrogen) atoms. The van der Waals surface area contributed by atoms with Gasteiger partial charge in [-0.3, -0.25) is 9.59 Å². The van der Waals surface area contributed by atoms with Crippen molar-refractivity contribution in [3.63, 3.8) is 0 Å². The number of aliphatic hydroxyl groups excluding tert-OH is 2. The highest BCUT2D eigenvalue weighted by molar-refractivity contribution is 5.76. The number of esters is 1. The molecule has 3 N–H and O–H groups in total. The minimum absolute atomic E-state index is 0.0149. The zero-order valence-corrected chi connectivity index (χ0v) is 57.2. The highest BCUT2D eigenvalue weighted by Gasteiger charge is 2.18. The molecule has 0 spiro atoms. The zero-order valence-electron chi connectivity index (χ0n) is 57.2. The van der Waals surface area contributed by atoms with Crippen LogP contribution in [0.4, 0.5) is 0 Å². The molecule has 0 radical (unpaired) electrons. The number of nitrogens with one attached hydrogen (secondary N) is 1. The zero-order chi connectivity index (χ0) is 60.6. The van der Waals surface area contributed by atoms with Gasteiger partial charge in [-0.15, -0.1) is 0 Å². The number of hydrogen-bond acceptors (Lipinski definition) is 5. The van der Waals surface area contributed by atoms with Crippen LogP contribution in [0.15, 0.2) is 24.3 Å². The Kier molecular flexibility index (Phi) is 72.3. The van der Waals surface area contributed by atoms with Crippen molar-refractivity contribution in [2.24, 2.45) is 0 Å². The van der Waals surface area contributed by atoms with Crippen molar-refractivity contribution in [3.8, 4) is 0 Å². The van der Waals surface area contributed by atoms with Crippen molar-refractivity contribution in [2.45, 2.75) is 450 Å². The van der Waals surface area contributed by atoms with Crippen molar-refractivity contribution in [2.75, 3.05) is 13.2 Å². The fourth-order valence-electron chi connectivity index (χ4n) is 12.3. The first kappa shape index (κ1) is 82.3. The molecule has 0 aromatic rings. The fraction of sp³-hybridized carbons (Fsp3) is 0.923. The maximum Gasteiger partial charge on any atom is 0.305 e. The Labute approximate surface area is 526 Å². The second-order valence-electron chi connectivity index (χ2n) is 26.7. The van der Waals surface area contributed by atoms with Gasteiger partial charge in [0.1, 0.15) is 0 Å². The molecule has 0 saturated carbocycles. The van der Waals surface area contributed by atoms with Crippen molar-refractivity contribution in [1.29, 1.82) is 0 Å². The summed E-state index contributed by atoms with van der Waals surface area (Å²) < 4.78 is 5.50. The largest absolute Gasteiger partial charge is 0.466 e. The Balaban J connectivity index is 3.33. The van der Waals surface area contributed by atoms with Gasteiger partial charge in [0.15, 0.2) is 0 Å². The van der Waals surface area contributed by atoms with E-state index >= 15 is 0 Å². The molecule has 1 amide bonds. The topological polar surface area (TPSA) is 95.9 Å². The smallest absolute Gasteiger partial charge is 0.305 e. The summed E-state index contributed by atoms with van der Waals surface area (Å²) in [5, 5.41) is 23.2. The third-order valence-corrected chi connectivity index (χ3v) is 18.2. The summed E-state index contributed by atoms with van der Waals surface area (Å²) in [7, 11) is 0. The molecule has 0 aromatic carbocycles. The van der Waals surface area contributed by atoms with Gasteiger partial charge in [0.05, 0.1) is 25.4 Å². The van der Waals surface area contributed by atoms with Gasteiger partial charge in [0.2, 0.25) is 5.91 Å². The Morgan fingerprint density at radius 3 is 0.845 bits per heavy atom. The Morgan fingerprint density at radius 2 is 0.560 bits per heavy atom. The first-order valence-electron chi connectivity index (χ1n) is 38.6. The number of hydrogen-bond donors (Lipinski definition) is 3. The van der Waals surface area contributed by atoms with Crippen LogP contribution in [-0.4, -0.2) is 47.4 Å². The van der Waals surface area contributed by atoms with Crippen molar-refractivity contribution in [1.82, 2.24) is 5.32 Å². The van der Waals surface area contributed by atoms with E-state index in [1.54, 1.807) is 6.08 Å². The van der Waals surface area contributed by atoms with E-state index in [1.807, 2.05) is 6.08 Å². The molecule has 0 saturated heterocycles. The summed E-state index contributed by atoms with van der Waals surface area (Å²) in [6.07, 6.45) is 94.4. The number of amides is 1. The molecule has 2 unspecified atom stereocenters. The van der Waals surface area contributed by atoms with Crippen LogP contribution in [0.3, 0.4) is 0 Å². The van der Waals surface area contributed by atoms with Crippen LogP contribution in [0.2, 0.25) is 0 Å². The Bertz CT molecular complexity index is 1320. The molecular weight excluding hydrogens is 1030 g/mol. The van der Waals surface area contributed by atoms with E-state index in [-0.39, 0.29) is 18.5 Å². The van der Waals surface area contributed by atoms with Crippen molar-refractivity contribution in [3.05, 3.63) is 24.3 Å². The summed E-state index contributed by atoms with van der Waals surface area (Å²) >= 11 is 0. The molecule has 0 aliphatic rings. The SMILES string of the molecule is CCCCCCCCC/C=C\CCCCCCCC(=O)OCCCCCCCCCCCCCCCCCCCCCCCCCCCCCCCCCCCC(=O)NC(CO)C(O)/C=C/CCCCCCCCCCCCCCCCCC. The lowest BCUT2D eigenvalue weighted by molar-refractivity contribution is -0.143. The van der Waals surface area contributed by atoms with Gasteiger partial charge in [-0.1, -0.05) is 391 Å². The third-order valence-electron chi connectivity index (χ3n) is 18.2. The van der Waals surface area contributed by atoms with E-state index in [9.17, 15) is 19.8 Å². The number of allylic oxidation sites excluding steroid dienone is 3. The average Bonchev–Trinajstić information content (AvgIpc) is 3.51. The van der Waals surface area contributed by atoms with E-state index in [1.165, 1.54) is 366 Å². The standard InChI is InChI=1S/C78H151NO5/c1-3-5-7-9-11-13-15-17-19-21-39-42-46-50-54-58-62-66-70-76(81)75(74-80)79-77(82)71-67-63-59-55-51-47-43-40-37-35-33-31-29-27-25-23-22-24-26-28-30-32-34-36-38-41-45-49-53-57-61-65-69-73-84-78(83)72-68-64-60-56-52-48-44-20-18-16-14-12-10-8-6-4-2/h20,44,66,70,75-76,80-81H,3-19,21-43,45-65,67-69,71-74H2,1-2H3,(H,79,82)/b44-20-,70-66+. The molecule has 0 aromatic heterocycles. The average molecular weight is 1180 g/mol. The Hall–Kier alpha value is -1.66. The minimum atomic E-state index is -0.841. The summed E-state index contributed by atoms with van der Waals surface area (Å²) in [5.41, 5.74) is 0. The minimum Gasteiger partial charge on any atom is -0.466 e. The maximum absolute atomic E-state index is 12.5. The molecular formula is C78H151NO5. The van der Waals surface area contributed by atoms with Crippen molar-refractivity contribution >= 4 is 11.9 Å². The lowest BCUT2D eigenvalue weighted by Gasteiger charge is -2.20. The second-order valence-corrected chi connectivity index (χ2v) is 26.7. The lowest BCUT2D eigenvalue weighted by Crippen LogP contribution is -2.45. The molecule has 0 fully saturated rings. The molecule has 6 heteroatoms. The van der Waals surface area contributed by atoms with Gasteiger partial charge < -0.3 is 20.3 Å². The first-order chi connectivity index (χ1) is 41.5. The number of rotatable bonds is 73. The number of carbonyl (C=O) groups is 2. The second kappa shape index (κ2) is 73.8. The van der Waals surface area contributed by atoms with E-state index in [4.69, 9.17) is 4.74 Å². The van der Waals surface area contributed by atoms with Crippen LogP contribution in [0.1, 0.15) is 438 Å². The van der Waals surface area contributed by atoms with Crippen LogP contribution in [-0.2, 0) is 14.3 Å². The number of carbonyl (C=O) groups excluding carboxylic acids is 2. The summed E-state index contributed by atoms with van der Waals surface area (Å²) in [5.74, 6) is -0.0443. The normalized spacial score (nSPS) is 12.6. The summed E-state index contributed by atoms with van der Waals surface area (Å²) in [6, 6.07) is -0.624. The fourth-order valence-corrected chi connectivity index (χ4v) is 12.3. The van der Waals surface area contributed by atoms with Crippen LogP contribution in [0.5, 0.6) is 0 Å². The lowest BCUT2D eigenvalue weighted by atomic mass is 10.0. The van der Waals surface area contributed by atoms with E-state index in [2.05, 4.69) is 31.3 Å². The molecule has 0 bridgehead atoms. The predicted molar refractivity (Wildman–Crippen MR) is 370 cm³/mol. The van der Waals surface area contributed by atoms with Crippen molar-refractivity contribution < 1.29 is 24.5 Å². The van der Waals surface area contributed by atoms with E-state index in [0.29, 0.717) is 19.4 Å². The number of unbranched alkanes of at least 4 members (excludes halogenated alkanes) is 60. The van der Waals surface area contributed by atoms with Gasteiger partial charge in [-0.2, -0.15) is 0 Å². The quantitative estimate of drug-likeness (QED) is 0.0320.